The van der Waals surface area contributed by atoms with Crippen LogP contribution in [0.15, 0.2) is 54.6 Å². The summed E-state index contributed by atoms with van der Waals surface area (Å²) >= 11 is 0. The summed E-state index contributed by atoms with van der Waals surface area (Å²) < 4.78 is 0. The number of amides is 2. The molecule has 0 saturated carbocycles. The fourth-order valence-electron chi connectivity index (χ4n) is 1.76. The van der Waals surface area contributed by atoms with Crippen LogP contribution in [0.3, 0.4) is 0 Å². The van der Waals surface area contributed by atoms with E-state index in [2.05, 4.69) is 10.9 Å². The van der Waals surface area contributed by atoms with Crippen molar-refractivity contribution in [2.75, 3.05) is 0 Å². The second-order valence-electron chi connectivity index (χ2n) is 4.28. The number of carbonyl (C=O) groups excluding carboxylic acids is 2. The average Bonchev–Trinajstić information content (AvgIpc) is 2.54. The van der Waals surface area contributed by atoms with E-state index in [4.69, 9.17) is 5.26 Å². The van der Waals surface area contributed by atoms with Crippen molar-refractivity contribution in [1.29, 1.82) is 5.26 Å². The maximum atomic E-state index is 11.8. The minimum absolute atomic E-state index is 0.298. The second kappa shape index (κ2) is 6.87. The third-order valence-corrected chi connectivity index (χ3v) is 2.81. The highest BCUT2D eigenvalue weighted by atomic mass is 16.2. The Morgan fingerprint density at radius 1 is 0.905 bits per heavy atom. The molecule has 5 heteroatoms. The van der Waals surface area contributed by atoms with Gasteiger partial charge in [-0.05, 0) is 23.3 Å². The molecule has 21 heavy (non-hydrogen) atoms. The van der Waals surface area contributed by atoms with Crippen LogP contribution in [-0.4, -0.2) is 11.8 Å². The summed E-state index contributed by atoms with van der Waals surface area (Å²) in [5.41, 5.74) is 6.91. The molecule has 0 aromatic heterocycles. The molecule has 0 aliphatic heterocycles. The van der Waals surface area contributed by atoms with Crippen LogP contribution in [0.25, 0.3) is 11.1 Å². The number of nitriles is 1. The highest BCUT2D eigenvalue weighted by Gasteiger charge is 2.07. The molecule has 104 valence electrons. The molecule has 0 aliphatic carbocycles. The van der Waals surface area contributed by atoms with Gasteiger partial charge in [0.15, 0.2) is 0 Å². The van der Waals surface area contributed by atoms with Crippen LogP contribution in [0.4, 0.5) is 0 Å². The van der Waals surface area contributed by atoms with E-state index in [0.717, 1.165) is 11.1 Å². The van der Waals surface area contributed by atoms with Gasteiger partial charge >= 0.3 is 0 Å². The molecule has 0 saturated heterocycles. The van der Waals surface area contributed by atoms with Gasteiger partial charge in [-0.3, -0.25) is 20.4 Å². The van der Waals surface area contributed by atoms with Gasteiger partial charge in [0, 0.05) is 5.56 Å². The van der Waals surface area contributed by atoms with Crippen LogP contribution >= 0.6 is 0 Å². The standard InChI is InChI=1S/C16H13N3O2/c17-11-10-15(20)18-19-16(21)14-8-6-13(7-9-14)12-4-2-1-3-5-12/h1-9H,10H2,(H,18,20)(H,19,21). The summed E-state index contributed by atoms with van der Waals surface area (Å²) in [5.74, 6) is -0.979. The maximum absolute atomic E-state index is 11.8. The van der Waals surface area contributed by atoms with E-state index in [1.807, 2.05) is 42.5 Å². The smallest absolute Gasteiger partial charge is 0.269 e. The highest BCUT2D eigenvalue weighted by molar-refractivity contribution is 5.95. The molecule has 0 unspecified atom stereocenters. The Labute approximate surface area is 122 Å². The summed E-state index contributed by atoms with van der Waals surface area (Å²) in [5, 5.41) is 8.33. The van der Waals surface area contributed by atoms with E-state index in [0.29, 0.717) is 5.56 Å². The molecule has 5 nitrogen and oxygen atoms in total. The van der Waals surface area contributed by atoms with Crippen molar-refractivity contribution in [3.05, 3.63) is 60.2 Å². The lowest BCUT2D eigenvalue weighted by molar-refractivity contribution is -0.120. The third kappa shape index (κ3) is 3.91. The van der Waals surface area contributed by atoms with Crippen molar-refractivity contribution in [3.8, 4) is 17.2 Å². The van der Waals surface area contributed by atoms with E-state index in [-0.39, 0.29) is 6.42 Å². The molecule has 0 heterocycles. The molecule has 0 aliphatic rings. The molecule has 0 atom stereocenters. The maximum Gasteiger partial charge on any atom is 0.269 e. The van der Waals surface area contributed by atoms with Crippen LogP contribution in [0.2, 0.25) is 0 Å². The predicted octanol–water partition coefficient (Wildman–Crippen LogP) is 2.03. The van der Waals surface area contributed by atoms with Crippen molar-refractivity contribution < 1.29 is 9.59 Å². The van der Waals surface area contributed by atoms with Gasteiger partial charge in [-0.25, -0.2) is 0 Å². The van der Waals surface area contributed by atoms with Crippen LogP contribution < -0.4 is 10.9 Å². The molecular formula is C16H13N3O2. The summed E-state index contributed by atoms with van der Waals surface area (Å²) in [6, 6.07) is 18.5. The molecule has 2 aromatic rings. The van der Waals surface area contributed by atoms with Gasteiger partial charge in [0.1, 0.15) is 6.42 Å². The van der Waals surface area contributed by atoms with Gasteiger partial charge < -0.3 is 0 Å². The molecule has 2 N–H and O–H groups in total. The molecule has 2 amide bonds. The van der Waals surface area contributed by atoms with Gasteiger partial charge in [0.25, 0.3) is 11.8 Å². The molecule has 0 radical (unpaired) electrons. The van der Waals surface area contributed by atoms with E-state index in [9.17, 15) is 9.59 Å². The average molecular weight is 279 g/mol. The largest absolute Gasteiger partial charge is 0.272 e. The van der Waals surface area contributed by atoms with Crippen LogP contribution in [0.5, 0.6) is 0 Å². The van der Waals surface area contributed by atoms with Crippen molar-refractivity contribution in [3.63, 3.8) is 0 Å². The summed E-state index contributed by atoms with van der Waals surface area (Å²) in [4.78, 5) is 22.9. The fraction of sp³-hybridized carbons (Fsp3) is 0.0625. The summed E-state index contributed by atoms with van der Waals surface area (Å²) in [6.45, 7) is 0. The number of benzene rings is 2. The quantitative estimate of drug-likeness (QED) is 0.843. The zero-order valence-corrected chi connectivity index (χ0v) is 11.2. The van der Waals surface area contributed by atoms with Crippen LogP contribution in [-0.2, 0) is 4.79 Å². The van der Waals surface area contributed by atoms with Gasteiger partial charge in [-0.1, -0.05) is 42.5 Å². The zero-order chi connectivity index (χ0) is 15.1. The van der Waals surface area contributed by atoms with Gasteiger partial charge in [-0.15, -0.1) is 0 Å². The number of rotatable bonds is 3. The number of nitrogens with one attached hydrogen (secondary N) is 2. The van der Waals surface area contributed by atoms with Crippen molar-refractivity contribution in [2.45, 2.75) is 6.42 Å². The summed E-state index contributed by atoms with van der Waals surface area (Å²) in [7, 11) is 0. The minimum atomic E-state index is -0.549. The number of hydrogen-bond donors (Lipinski definition) is 2. The molecule has 2 rings (SSSR count). The topological polar surface area (TPSA) is 82.0 Å². The lowest BCUT2D eigenvalue weighted by atomic mass is 10.0. The van der Waals surface area contributed by atoms with E-state index < -0.39 is 11.8 Å². The number of nitrogens with zero attached hydrogens (tertiary/aromatic N) is 1. The molecule has 2 aromatic carbocycles. The Balaban J connectivity index is 2.01. The van der Waals surface area contributed by atoms with Crippen LogP contribution in [0, 0.1) is 11.3 Å². The lowest BCUT2D eigenvalue weighted by Gasteiger charge is -2.07. The van der Waals surface area contributed by atoms with Gasteiger partial charge in [0.05, 0.1) is 6.07 Å². The zero-order valence-electron chi connectivity index (χ0n) is 11.2. The Bertz CT molecular complexity index is 673. The minimum Gasteiger partial charge on any atom is -0.272 e. The number of hydrogen-bond acceptors (Lipinski definition) is 3. The van der Waals surface area contributed by atoms with E-state index in [1.54, 1.807) is 18.2 Å². The first-order chi connectivity index (χ1) is 10.2. The highest BCUT2D eigenvalue weighted by Crippen LogP contribution is 2.19. The Morgan fingerprint density at radius 3 is 2.14 bits per heavy atom. The van der Waals surface area contributed by atoms with Crippen LogP contribution in [0.1, 0.15) is 16.8 Å². The van der Waals surface area contributed by atoms with E-state index in [1.165, 1.54) is 0 Å². The summed E-state index contributed by atoms with van der Waals surface area (Å²) in [6.07, 6.45) is -0.298. The second-order valence-corrected chi connectivity index (χ2v) is 4.28. The van der Waals surface area contributed by atoms with Gasteiger partial charge in [-0.2, -0.15) is 5.26 Å². The molecular weight excluding hydrogens is 266 g/mol. The normalized spacial score (nSPS) is 9.48. The van der Waals surface area contributed by atoms with Crippen molar-refractivity contribution in [1.82, 2.24) is 10.9 Å². The fourth-order valence-corrected chi connectivity index (χ4v) is 1.76. The van der Waals surface area contributed by atoms with Gasteiger partial charge in [0.2, 0.25) is 0 Å². The molecule has 0 bridgehead atoms. The first kappa shape index (κ1) is 14.3. The first-order valence-electron chi connectivity index (χ1n) is 6.32. The van der Waals surface area contributed by atoms with Crippen molar-refractivity contribution in [2.24, 2.45) is 0 Å². The Kier molecular flexibility index (Phi) is 4.67. The first-order valence-corrected chi connectivity index (χ1v) is 6.32. The SMILES string of the molecule is N#CCC(=O)NNC(=O)c1ccc(-c2ccccc2)cc1. The Morgan fingerprint density at radius 2 is 1.52 bits per heavy atom. The predicted molar refractivity (Wildman–Crippen MR) is 77.7 cm³/mol. The van der Waals surface area contributed by atoms with Crippen molar-refractivity contribution >= 4 is 11.8 Å². The monoisotopic (exact) mass is 279 g/mol. The third-order valence-electron chi connectivity index (χ3n) is 2.81. The molecule has 0 spiro atoms. The lowest BCUT2D eigenvalue weighted by Crippen LogP contribution is -2.41. The number of carbonyl (C=O) groups is 2. The molecule has 0 fully saturated rings. The number of hydrazine groups is 1. The van der Waals surface area contributed by atoms with E-state index >= 15 is 0 Å². The Hall–Kier alpha value is -3.13.